The third kappa shape index (κ3) is 2.33. The molecule has 2 aliphatic heterocycles. The predicted molar refractivity (Wildman–Crippen MR) is 74.5 cm³/mol. The molecule has 0 aliphatic carbocycles. The molecule has 0 saturated carbocycles. The van der Waals surface area contributed by atoms with Gasteiger partial charge in [-0.25, -0.2) is 0 Å². The number of hydrogen-bond donors (Lipinski definition) is 0. The highest BCUT2D eigenvalue weighted by Crippen LogP contribution is 2.32. The maximum Gasteiger partial charge on any atom is 0.257 e. The summed E-state index contributed by atoms with van der Waals surface area (Å²) in [6.07, 6.45) is 5.60. The van der Waals surface area contributed by atoms with Crippen molar-refractivity contribution >= 4 is 5.91 Å². The van der Waals surface area contributed by atoms with Crippen molar-refractivity contribution in [2.24, 2.45) is 7.05 Å². The first-order valence-electron chi connectivity index (χ1n) is 7.23. The molecule has 0 radical (unpaired) electrons. The lowest BCUT2D eigenvalue weighted by Gasteiger charge is -2.25. The summed E-state index contributed by atoms with van der Waals surface area (Å²) in [5.41, 5.74) is 0.698. The van der Waals surface area contributed by atoms with Crippen molar-refractivity contribution in [3.05, 3.63) is 18.0 Å². The number of ether oxygens (including phenoxy) is 1. The van der Waals surface area contributed by atoms with Crippen LogP contribution in [0.15, 0.2) is 12.4 Å². The highest BCUT2D eigenvalue weighted by molar-refractivity contribution is 5.94. The summed E-state index contributed by atoms with van der Waals surface area (Å²) in [5.74, 6) is 0.124. The Kier molecular flexibility index (Phi) is 3.76. The second-order valence-corrected chi connectivity index (χ2v) is 5.64. The number of rotatable bonds is 4. The van der Waals surface area contributed by atoms with E-state index in [0.717, 1.165) is 39.1 Å². The Morgan fingerprint density at radius 1 is 1.40 bits per heavy atom. The SMILES string of the molecule is COCCN1CC[C@H]2[C@H]1CCN2C(=O)c1cnn(C)c1. The number of aromatic nitrogens is 2. The molecule has 0 N–H and O–H groups in total. The number of carbonyl (C=O) groups is 1. The van der Waals surface area contributed by atoms with Crippen molar-refractivity contribution in [1.82, 2.24) is 19.6 Å². The minimum Gasteiger partial charge on any atom is -0.383 e. The van der Waals surface area contributed by atoms with Gasteiger partial charge in [-0.2, -0.15) is 5.10 Å². The minimum atomic E-state index is 0.124. The van der Waals surface area contributed by atoms with Crippen molar-refractivity contribution in [3.63, 3.8) is 0 Å². The Morgan fingerprint density at radius 3 is 2.90 bits per heavy atom. The first-order valence-corrected chi connectivity index (χ1v) is 7.23. The van der Waals surface area contributed by atoms with Crippen molar-refractivity contribution in [3.8, 4) is 0 Å². The molecule has 2 fully saturated rings. The van der Waals surface area contributed by atoms with Gasteiger partial charge in [0.2, 0.25) is 0 Å². The van der Waals surface area contributed by atoms with Crippen LogP contribution in [0.2, 0.25) is 0 Å². The summed E-state index contributed by atoms with van der Waals surface area (Å²) in [5, 5.41) is 4.09. The van der Waals surface area contributed by atoms with Crippen LogP contribution in [0.3, 0.4) is 0 Å². The predicted octanol–water partition coefficient (Wildman–Crippen LogP) is 0.355. The third-order valence-electron chi connectivity index (χ3n) is 4.49. The van der Waals surface area contributed by atoms with Crippen LogP contribution in [0.5, 0.6) is 0 Å². The van der Waals surface area contributed by atoms with Gasteiger partial charge in [0.05, 0.1) is 18.4 Å². The van der Waals surface area contributed by atoms with E-state index in [0.29, 0.717) is 17.6 Å². The summed E-state index contributed by atoms with van der Waals surface area (Å²) in [6, 6.07) is 0.866. The van der Waals surface area contributed by atoms with Crippen molar-refractivity contribution < 1.29 is 9.53 Å². The third-order valence-corrected chi connectivity index (χ3v) is 4.49. The van der Waals surface area contributed by atoms with Gasteiger partial charge in [-0.1, -0.05) is 0 Å². The molecule has 110 valence electrons. The maximum absolute atomic E-state index is 12.6. The highest BCUT2D eigenvalue weighted by Gasteiger charge is 2.44. The lowest BCUT2D eigenvalue weighted by molar-refractivity contribution is 0.0729. The normalized spacial score (nSPS) is 26.2. The molecule has 2 aliphatic rings. The molecule has 1 amide bonds. The van der Waals surface area contributed by atoms with E-state index in [4.69, 9.17) is 4.74 Å². The number of likely N-dealkylation sites (tertiary alicyclic amines) is 2. The Bertz CT molecular complexity index is 487. The van der Waals surface area contributed by atoms with Crippen LogP contribution in [0.1, 0.15) is 23.2 Å². The number of hydrogen-bond acceptors (Lipinski definition) is 4. The van der Waals surface area contributed by atoms with E-state index in [2.05, 4.69) is 10.00 Å². The monoisotopic (exact) mass is 278 g/mol. The highest BCUT2D eigenvalue weighted by atomic mass is 16.5. The van der Waals surface area contributed by atoms with Gasteiger partial charge in [-0.05, 0) is 12.8 Å². The van der Waals surface area contributed by atoms with Gasteiger partial charge in [-0.15, -0.1) is 0 Å². The Morgan fingerprint density at radius 2 is 2.20 bits per heavy atom. The van der Waals surface area contributed by atoms with E-state index in [1.165, 1.54) is 0 Å². The average Bonchev–Trinajstić information content (AvgIpc) is 3.11. The van der Waals surface area contributed by atoms with Crippen LogP contribution < -0.4 is 0 Å². The topological polar surface area (TPSA) is 50.6 Å². The first kappa shape index (κ1) is 13.6. The minimum absolute atomic E-state index is 0.124. The van der Waals surface area contributed by atoms with E-state index < -0.39 is 0 Å². The van der Waals surface area contributed by atoms with E-state index >= 15 is 0 Å². The first-order chi connectivity index (χ1) is 9.70. The molecular weight excluding hydrogens is 256 g/mol. The molecule has 0 unspecified atom stereocenters. The average molecular weight is 278 g/mol. The molecule has 6 heteroatoms. The maximum atomic E-state index is 12.6. The summed E-state index contributed by atoms with van der Waals surface area (Å²) < 4.78 is 6.85. The van der Waals surface area contributed by atoms with Crippen molar-refractivity contribution in [1.29, 1.82) is 0 Å². The van der Waals surface area contributed by atoms with Crippen LogP contribution in [0.25, 0.3) is 0 Å². The molecule has 1 aromatic rings. The molecule has 1 aromatic heterocycles. The molecule has 0 spiro atoms. The van der Waals surface area contributed by atoms with Gasteiger partial charge in [0, 0.05) is 52.1 Å². The van der Waals surface area contributed by atoms with E-state index in [1.807, 2.05) is 11.9 Å². The van der Waals surface area contributed by atoms with Gasteiger partial charge in [0.15, 0.2) is 0 Å². The van der Waals surface area contributed by atoms with Gasteiger partial charge in [0.25, 0.3) is 5.91 Å². The van der Waals surface area contributed by atoms with E-state index in [9.17, 15) is 4.79 Å². The Hall–Kier alpha value is -1.40. The molecule has 2 saturated heterocycles. The molecule has 3 rings (SSSR count). The smallest absolute Gasteiger partial charge is 0.257 e. The van der Waals surface area contributed by atoms with Crippen LogP contribution in [0, 0.1) is 0 Å². The number of methoxy groups -OCH3 is 1. The number of nitrogens with zero attached hydrogens (tertiary/aromatic N) is 4. The number of amides is 1. The Balaban J connectivity index is 1.67. The summed E-state index contributed by atoms with van der Waals surface area (Å²) >= 11 is 0. The van der Waals surface area contributed by atoms with E-state index in [1.54, 1.807) is 24.2 Å². The summed E-state index contributed by atoms with van der Waals surface area (Å²) in [7, 11) is 3.58. The van der Waals surface area contributed by atoms with Gasteiger partial charge in [-0.3, -0.25) is 14.4 Å². The van der Waals surface area contributed by atoms with Gasteiger partial charge >= 0.3 is 0 Å². The zero-order valence-corrected chi connectivity index (χ0v) is 12.2. The number of aryl methyl sites for hydroxylation is 1. The fourth-order valence-corrected chi connectivity index (χ4v) is 3.51. The largest absolute Gasteiger partial charge is 0.383 e. The van der Waals surface area contributed by atoms with E-state index in [-0.39, 0.29) is 5.91 Å². The Labute approximate surface area is 119 Å². The molecular formula is C14H22N4O2. The van der Waals surface area contributed by atoms with Crippen LogP contribution >= 0.6 is 0 Å². The van der Waals surface area contributed by atoms with Crippen molar-refractivity contribution in [2.45, 2.75) is 24.9 Å². The van der Waals surface area contributed by atoms with Gasteiger partial charge < -0.3 is 9.64 Å². The molecule has 6 nitrogen and oxygen atoms in total. The summed E-state index contributed by atoms with van der Waals surface area (Å²) in [6.45, 7) is 3.65. The fourth-order valence-electron chi connectivity index (χ4n) is 3.51. The van der Waals surface area contributed by atoms with Crippen molar-refractivity contribution in [2.75, 3.05) is 33.4 Å². The van der Waals surface area contributed by atoms with Crippen LogP contribution in [0.4, 0.5) is 0 Å². The summed E-state index contributed by atoms with van der Waals surface area (Å²) in [4.78, 5) is 17.1. The molecule has 3 heterocycles. The standard InChI is InChI=1S/C14H22N4O2/c1-16-10-11(9-15-16)14(19)18-6-4-12-13(18)3-5-17(12)7-8-20-2/h9-10,12-13H,3-8H2,1-2H3/t12-,13+/m1/s1. The zero-order valence-electron chi connectivity index (χ0n) is 12.2. The zero-order chi connectivity index (χ0) is 14.1. The van der Waals surface area contributed by atoms with Crippen LogP contribution in [-0.2, 0) is 11.8 Å². The van der Waals surface area contributed by atoms with Crippen LogP contribution in [-0.4, -0.2) is 70.9 Å². The van der Waals surface area contributed by atoms with Gasteiger partial charge in [0.1, 0.15) is 0 Å². The second-order valence-electron chi connectivity index (χ2n) is 5.64. The second kappa shape index (κ2) is 5.54. The number of carbonyl (C=O) groups excluding carboxylic acids is 1. The molecule has 0 bridgehead atoms. The molecule has 0 aromatic carbocycles. The molecule has 2 atom stereocenters. The lowest BCUT2D eigenvalue weighted by Crippen LogP contribution is -2.40. The molecule has 20 heavy (non-hydrogen) atoms. The fraction of sp³-hybridized carbons (Fsp3) is 0.714. The quantitative estimate of drug-likeness (QED) is 0.798. The number of fused-ring (bicyclic) bond motifs is 1. The lowest BCUT2D eigenvalue weighted by atomic mass is 10.1.